The predicted octanol–water partition coefficient (Wildman–Crippen LogP) is 2.82. The van der Waals surface area contributed by atoms with Gasteiger partial charge in [-0.25, -0.2) is 10.3 Å². The zero-order chi connectivity index (χ0) is 17.4. The number of hydroxylamine groups is 1. The van der Waals surface area contributed by atoms with E-state index in [2.05, 4.69) is 16.1 Å². The van der Waals surface area contributed by atoms with E-state index in [1.165, 1.54) is 14.2 Å². The second-order valence-corrected chi connectivity index (χ2v) is 5.33. The van der Waals surface area contributed by atoms with Crippen molar-refractivity contribution in [2.24, 2.45) is 0 Å². The molecule has 2 aromatic rings. The number of carbonyl (C=O) groups is 2. The first-order chi connectivity index (χ1) is 11.6. The molecule has 0 aliphatic carbocycles. The molecule has 3 amide bonds. The van der Waals surface area contributed by atoms with Gasteiger partial charge in [0.05, 0.1) is 24.7 Å². The predicted molar refractivity (Wildman–Crippen MR) is 91.9 cm³/mol. The lowest BCUT2D eigenvalue weighted by Gasteiger charge is -2.08. The average Bonchev–Trinajstić information content (AvgIpc) is 2.62. The normalized spacial score (nSPS) is 9.92. The number of hydrogen-bond donors (Lipinski definition) is 3. The van der Waals surface area contributed by atoms with Crippen molar-refractivity contribution in [1.82, 2.24) is 10.8 Å². The third-order valence-corrected chi connectivity index (χ3v) is 3.59. The Hall–Kier alpha value is -2.71. The van der Waals surface area contributed by atoms with Crippen LogP contribution in [0.4, 0.5) is 10.5 Å². The quantitative estimate of drug-likeness (QED) is 0.552. The molecule has 0 spiro atoms. The van der Waals surface area contributed by atoms with Crippen LogP contribution in [0, 0.1) is 0 Å². The van der Waals surface area contributed by atoms with Crippen LogP contribution in [0.1, 0.15) is 10.4 Å². The molecule has 24 heavy (non-hydrogen) atoms. The average molecular weight is 347 g/mol. The van der Waals surface area contributed by atoms with Crippen molar-refractivity contribution in [3.63, 3.8) is 0 Å². The molecule has 0 aliphatic heterocycles. The van der Waals surface area contributed by atoms with Crippen molar-refractivity contribution < 1.29 is 18.6 Å². The number of ether oxygens (including phenoxy) is 1. The summed E-state index contributed by atoms with van der Waals surface area (Å²) in [6.45, 7) is 0. The monoisotopic (exact) mass is 347 g/mol. The van der Waals surface area contributed by atoms with E-state index in [1.54, 1.807) is 48.5 Å². The van der Waals surface area contributed by atoms with E-state index >= 15 is 0 Å². The highest BCUT2D eigenvalue weighted by atomic mass is 32.2. The summed E-state index contributed by atoms with van der Waals surface area (Å²) in [5, 5.41) is 5.11. The van der Waals surface area contributed by atoms with Gasteiger partial charge in [-0.15, -0.1) is 0 Å². The molecule has 0 aliphatic rings. The second-order valence-electron chi connectivity index (χ2n) is 4.53. The van der Waals surface area contributed by atoms with Crippen LogP contribution < -0.4 is 20.9 Å². The third-order valence-electron chi connectivity index (χ3n) is 2.96. The van der Waals surface area contributed by atoms with Crippen LogP contribution >= 0.6 is 12.0 Å². The Morgan fingerprint density at radius 3 is 2.42 bits per heavy atom. The zero-order valence-electron chi connectivity index (χ0n) is 13.2. The van der Waals surface area contributed by atoms with Gasteiger partial charge in [-0.05, 0) is 36.4 Å². The number of hydrogen-bond acceptors (Lipinski definition) is 5. The first-order valence-corrected chi connectivity index (χ1v) is 7.74. The number of amides is 3. The molecule has 0 saturated heterocycles. The maximum absolute atomic E-state index is 12.0. The molecule has 2 rings (SSSR count). The third kappa shape index (κ3) is 4.90. The van der Waals surface area contributed by atoms with Crippen LogP contribution in [0.5, 0.6) is 5.75 Å². The fraction of sp³-hybridized carbons (Fsp3) is 0.125. The van der Waals surface area contributed by atoms with Gasteiger partial charge in [0.1, 0.15) is 5.75 Å². The molecule has 0 aromatic heterocycles. The number of nitrogens with one attached hydrogen (secondary N) is 3. The van der Waals surface area contributed by atoms with Crippen molar-refractivity contribution in [2.45, 2.75) is 4.90 Å². The summed E-state index contributed by atoms with van der Waals surface area (Å²) in [7, 11) is 3.04. The van der Waals surface area contributed by atoms with Gasteiger partial charge in [-0.1, -0.05) is 12.1 Å². The number of rotatable bonds is 6. The maximum Gasteiger partial charge on any atom is 0.318 e. The van der Waals surface area contributed by atoms with Gasteiger partial charge in [0.2, 0.25) is 0 Å². The fourth-order valence-electron chi connectivity index (χ4n) is 1.78. The summed E-state index contributed by atoms with van der Waals surface area (Å²) in [5.41, 5.74) is 3.37. The highest BCUT2D eigenvalue weighted by molar-refractivity contribution is 7.94. The van der Waals surface area contributed by atoms with Crippen LogP contribution in [0.3, 0.4) is 0 Å². The molecule has 0 radical (unpaired) electrons. The molecule has 8 heteroatoms. The Morgan fingerprint density at radius 2 is 1.75 bits per heavy atom. The standard InChI is InChI=1S/C16H17N3O4S/c1-17-16(21)18-11-7-9-12(10-8-11)24-23-19-15(20)13-5-3-4-6-14(13)22-2/h3-10H,1-2H3,(H,19,20)(H2,17,18,21). The molecule has 0 unspecified atom stereocenters. The maximum atomic E-state index is 12.0. The van der Waals surface area contributed by atoms with Crippen LogP contribution in [-0.4, -0.2) is 26.1 Å². The van der Waals surface area contributed by atoms with E-state index in [9.17, 15) is 9.59 Å². The minimum absolute atomic E-state index is 0.296. The summed E-state index contributed by atoms with van der Waals surface area (Å²) >= 11 is 0.989. The SMILES string of the molecule is CNC(=O)Nc1ccc(SONC(=O)c2ccccc2OC)cc1. The molecule has 126 valence electrons. The number of anilines is 1. The van der Waals surface area contributed by atoms with E-state index in [0.717, 1.165) is 16.9 Å². The van der Waals surface area contributed by atoms with Gasteiger partial charge in [-0.2, -0.15) is 4.28 Å². The van der Waals surface area contributed by atoms with Crippen molar-refractivity contribution in [1.29, 1.82) is 0 Å². The first kappa shape index (κ1) is 17.6. The number of benzene rings is 2. The molecule has 0 atom stereocenters. The number of para-hydroxylation sites is 1. The van der Waals surface area contributed by atoms with Gasteiger partial charge in [0.25, 0.3) is 5.91 Å². The lowest BCUT2D eigenvalue weighted by Crippen LogP contribution is -2.24. The lowest BCUT2D eigenvalue weighted by atomic mass is 10.2. The zero-order valence-corrected chi connectivity index (χ0v) is 14.0. The molecular weight excluding hydrogens is 330 g/mol. The van der Waals surface area contributed by atoms with Crippen LogP contribution in [0.15, 0.2) is 53.4 Å². The minimum Gasteiger partial charge on any atom is -0.496 e. The van der Waals surface area contributed by atoms with Gasteiger partial charge < -0.3 is 15.4 Å². The van der Waals surface area contributed by atoms with Crippen molar-refractivity contribution >= 4 is 29.7 Å². The second kappa shape index (κ2) is 8.80. The Balaban J connectivity index is 1.85. The van der Waals surface area contributed by atoms with E-state index in [1.807, 2.05) is 0 Å². The molecule has 0 heterocycles. The van der Waals surface area contributed by atoms with Gasteiger partial charge in [0.15, 0.2) is 0 Å². The first-order valence-electron chi connectivity index (χ1n) is 6.99. The van der Waals surface area contributed by atoms with E-state index in [0.29, 0.717) is 17.0 Å². The van der Waals surface area contributed by atoms with Crippen LogP contribution in [0.2, 0.25) is 0 Å². The van der Waals surface area contributed by atoms with Crippen molar-refractivity contribution in [3.8, 4) is 5.75 Å². The Kier molecular flexibility index (Phi) is 6.47. The summed E-state index contributed by atoms with van der Waals surface area (Å²) in [5.74, 6) is 0.0612. The van der Waals surface area contributed by atoms with Crippen molar-refractivity contribution in [3.05, 3.63) is 54.1 Å². The highest BCUT2D eigenvalue weighted by Crippen LogP contribution is 2.21. The van der Waals surface area contributed by atoms with Crippen LogP contribution in [-0.2, 0) is 4.28 Å². The lowest BCUT2D eigenvalue weighted by molar-refractivity contribution is 0.0794. The highest BCUT2D eigenvalue weighted by Gasteiger charge is 2.11. The topological polar surface area (TPSA) is 88.7 Å². The van der Waals surface area contributed by atoms with E-state index in [-0.39, 0.29) is 6.03 Å². The molecular formula is C16H17N3O4S. The Labute approximate surface area is 143 Å². The molecule has 2 aromatic carbocycles. The fourth-order valence-corrected chi connectivity index (χ4v) is 2.24. The summed E-state index contributed by atoms with van der Waals surface area (Å²) < 4.78 is 10.3. The molecule has 0 fully saturated rings. The molecule has 3 N–H and O–H groups in total. The largest absolute Gasteiger partial charge is 0.496 e. The smallest absolute Gasteiger partial charge is 0.318 e. The Bertz CT molecular complexity index is 707. The van der Waals surface area contributed by atoms with E-state index < -0.39 is 5.91 Å². The number of urea groups is 1. The van der Waals surface area contributed by atoms with Gasteiger partial charge in [-0.3, -0.25) is 4.79 Å². The minimum atomic E-state index is -0.405. The number of methoxy groups -OCH3 is 1. The molecule has 0 bridgehead atoms. The summed E-state index contributed by atoms with van der Waals surface area (Å²) in [6, 6.07) is 13.5. The number of carbonyl (C=O) groups excluding carboxylic acids is 2. The summed E-state index contributed by atoms with van der Waals surface area (Å²) in [6.07, 6.45) is 0. The molecule has 0 saturated carbocycles. The Morgan fingerprint density at radius 1 is 1.04 bits per heavy atom. The van der Waals surface area contributed by atoms with Gasteiger partial charge >= 0.3 is 6.03 Å². The van der Waals surface area contributed by atoms with E-state index in [4.69, 9.17) is 9.02 Å². The van der Waals surface area contributed by atoms with Crippen molar-refractivity contribution in [2.75, 3.05) is 19.5 Å². The van der Waals surface area contributed by atoms with Gasteiger partial charge in [0, 0.05) is 17.6 Å². The molecule has 7 nitrogen and oxygen atoms in total. The van der Waals surface area contributed by atoms with Crippen LogP contribution in [0.25, 0.3) is 0 Å². The summed E-state index contributed by atoms with van der Waals surface area (Å²) in [4.78, 5) is 24.0.